The van der Waals surface area contributed by atoms with Crippen LogP contribution in [0.25, 0.3) is 50.0 Å². The molecule has 2 aromatic carbocycles. The molecule has 1 saturated carbocycles. The Morgan fingerprint density at radius 3 is 2.71 bits per heavy atom. The lowest BCUT2D eigenvalue weighted by Crippen LogP contribution is -1.97. The number of aromatic nitrogens is 5. The molecule has 0 unspecified atom stereocenters. The molecule has 3 heterocycles. The topological polar surface area (TPSA) is 74.0 Å². The molecule has 1 aliphatic rings. The van der Waals surface area contributed by atoms with Crippen molar-refractivity contribution >= 4 is 28.4 Å². The van der Waals surface area contributed by atoms with Crippen molar-refractivity contribution < 1.29 is 8.81 Å². The van der Waals surface area contributed by atoms with Crippen LogP contribution in [0.15, 0.2) is 53.2 Å². The zero-order valence-corrected chi connectivity index (χ0v) is 19.4. The molecule has 0 spiro atoms. The lowest BCUT2D eigenvalue weighted by molar-refractivity contribution is 0.562. The van der Waals surface area contributed by atoms with Crippen LogP contribution in [0, 0.1) is 12.4 Å². The smallest absolute Gasteiger partial charge is 0.246 e. The maximum atomic E-state index is 14.6. The second-order valence-corrected chi connectivity index (χ2v) is 8.89. The summed E-state index contributed by atoms with van der Waals surface area (Å²) in [6.07, 6.45) is 3.74. The van der Waals surface area contributed by atoms with Crippen LogP contribution in [0.4, 0.5) is 10.1 Å². The van der Waals surface area contributed by atoms with Crippen molar-refractivity contribution in [2.75, 3.05) is 0 Å². The number of hydrogen-bond acceptors (Lipinski definition) is 5. The average molecular weight is 485 g/mol. The van der Waals surface area contributed by atoms with Gasteiger partial charge in [0.15, 0.2) is 22.9 Å². The fourth-order valence-corrected chi connectivity index (χ4v) is 4.36. The Morgan fingerprint density at radius 1 is 1.14 bits per heavy atom. The predicted molar refractivity (Wildman–Crippen MR) is 130 cm³/mol. The highest BCUT2D eigenvalue weighted by atomic mass is 35.5. The summed E-state index contributed by atoms with van der Waals surface area (Å²) in [6.45, 7) is 7.45. The number of rotatable bonds is 5. The van der Waals surface area contributed by atoms with Gasteiger partial charge in [-0.05, 0) is 59.9 Å². The summed E-state index contributed by atoms with van der Waals surface area (Å²) in [5.41, 5.74) is 5.62. The average Bonchev–Trinajstić information content (AvgIpc) is 3.50. The van der Waals surface area contributed by atoms with E-state index < -0.39 is 5.82 Å². The van der Waals surface area contributed by atoms with Gasteiger partial charge in [-0.3, -0.25) is 0 Å². The van der Waals surface area contributed by atoms with E-state index in [1.807, 2.05) is 29.8 Å². The van der Waals surface area contributed by atoms with Gasteiger partial charge >= 0.3 is 0 Å². The lowest BCUT2D eigenvalue weighted by atomic mass is 9.97. The van der Waals surface area contributed by atoms with E-state index in [-0.39, 0.29) is 17.4 Å². The molecule has 0 radical (unpaired) electrons. The van der Waals surface area contributed by atoms with E-state index in [0.717, 1.165) is 35.2 Å². The Morgan fingerprint density at radius 2 is 2.00 bits per heavy atom. The number of alkyl halides is 1. The highest BCUT2D eigenvalue weighted by molar-refractivity contribution is 6.17. The number of aryl methyl sites for hydroxylation is 1. The third-order valence-corrected chi connectivity index (χ3v) is 6.42. The van der Waals surface area contributed by atoms with Crippen LogP contribution in [0.2, 0.25) is 0 Å². The Labute approximate surface area is 205 Å². The highest BCUT2D eigenvalue weighted by Crippen LogP contribution is 2.43. The first-order valence-corrected chi connectivity index (χ1v) is 11.6. The number of pyridine rings is 1. The summed E-state index contributed by atoms with van der Waals surface area (Å²) < 4.78 is 22.2. The minimum atomic E-state index is -0.505. The van der Waals surface area contributed by atoms with Crippen molar-refractivity contribution in [3.05, 3.63) is 77.3 Å². The Kier molecular flexibility index (Phi) is 5.08. The van der Waals surface area contributed by atoms with Gasteiger partial charge in [0, 0.05) is 30.1 Å². The minimum Gasteiger partial charge on any atom is -0.432 e. The molecule has 0 amide bonds. The first kappa shape index (κ1) is 21.4. The molecule has 35 heavy (non-hydrogen) atoms. The van der Waals surface area contributed by atoms with Gasteiger partial charge in [-0.1, -0.05) is 12.1 Å². The normalized spacial score (nSPS) is 13.3. The van der Waals surface area contributed by atoms with Gasteiger partial charge in [0.05, 0.1) is 6.57 Å². The molecule has 3 aromatic heterocycles. The number of fused-ring (bicyclic) bond motifs is 1. The van der Waals surface area contributed by atoms with Crippen molar-refractivity contribution in [3.8, 4) is 34.1 Å². The summed E-state index contributed by atoms with van der Waals surface area (Å²) in [6, 6.07) is 12.5. The maximum absolute atomic E-state index is 14.6. The van der Waals surface area contributed by atoms with Crippen molar-refractivity contribution in [2.45, 2.75) is 24.6 Å². The van der Waals surface area contributed by atoms with Gasteiger partial charge in [-0.25, -0.2) is 19.2 Å². The van der Waals surface area contributed by atoms with Gasteiger partial charge in [0.2, 0.25) is 5.89 Å². The monoisotopic (exact) mass is 484 g/mol. The summed E-state index contributed by atoms with van der Waals surface area (Å²) in [5.74, 6) is 0.926. The highest BCUT2D eigenvalue weighted by Gasteiger charge is 2.27. The zero-order valence-electron chi connectivity index (χ0n) is 18.7. The van der Waals surface area contributed by atoms with Crippen molar-refractivity contribution in [2.24, 2.45) is 7.05 Å². The van der Waals surface area contributed by atoms with Crippen molar-refractivity contribution in [1.29, 1.82) is 0 Å². The fourth-order valence-electron chi connectivity index (χ4n) is 4.20. The second kappa shape index (κ2) is 8.29. The van der Waals surface area contributed by atoms with E-state index in [1.54, 1.807) is 18.5 Å². The van der Waals surface area contributed by atoms with Crippen LogP contribution in [0.5, 0.6) is 0 Å². The standard InChI is InChI=1S/C26H18ClFN6O/c1-29-17-5-6-18(19(11-17)25-33-30-13-34(25)2)16-9-21(15-3-4-15)31-23(10-16)26-32-22-8-14(12-27)7-20(28)24(22)35-26/h5-11,13,15H,3-4,12H2,2H3. The van der Waals surface area contributed by atoms with Crippen LogP contribution in [-0.2, 0) is 12.9 Å². The van der Waals surface area contributed by atoms with Crippen LogP contribution in [0.3, 0.4) is 0 Å². The van der Waals surface area contributed by atoms with E-state index in [0.29, 0.717) is 34.2 Å². The number of hydrogen-bond donors (Lipinski definition) is 0. The second-order valence-electron chi connectivity index (χ2n) is 8.63. The molecule has 0 atom stereocenters. The van der Waals surface area contributed by atoms with Gasteiger partial charge in [-0.15, -0.1) is 21.8 Å². The van der Waals surface area contributed by atoms with E-state index in [2.05, 4.69) is 26.1 Å². The molecule has 9 heteroatoms. The first-order valence-electron chi connectivity index (χ1n) is 11.1. The fraction of sp³-hybridized carbons (Fsp3) is 0.192. The largest absolute Gasteiger partial charge is 0.432 e. The number of halogens is 2. The zero-order chi connectivity index (χ0) is 24.1. The molecular formula is C26H18ClFN6O. The molecule has 1 aliphatic carbocycles. The summed E-state index contributed by atoms with van der Waals surface area (Å²) >= 11 is 5.90. The van der Waals surface area contributed by atoms with E-state index in [4.69, 9.17) is 27.6 Å². The van der Waals surface area contributed by atoms with Crippen LogP contribution in [-0.4, -0.2) is 24.7 Å². The van der Waals surface area contributed by atoms with Crippen LogP contribution in [0.1, 0.15) is 30.0 Å². The van der Waals surface area contributed by atoms with Crippen molar-refractivity contribution in [3.63, 3.8) is 0 Å². The molecular weight excluding hydrogens is 467 g/mol. The molecule has 172 valence electrons. The SMILES string of the molecule is [C-]#[N+]c1ccc(-c2cc(-c3nc4cc(CCl)cc(F)c4o3)nc(C3CC3)c2)c(-c2nncn2C)c1. The van der Waals surface area contributed by atoms with Crippen LogP contribution >= 0.6 is 11.6 Å². The minimum absolute atomic E-state index is 0.0789. The molecule has 1 fully saturated rings. The predicted octanol–water partition coefficient (Wildman–Crippen LogP) is 6.66. The molecule has 0 N–H and O–H groups in total. The third-order valence-electron chi connectivity index (χ3n) is 6.11. The number of oxazole rings is 1. The Hall–Kier alpha value is -4.09. The number of nitrogens with zero attached hydrogens (tertiary/aromatic N) is 6. The molecule has 5 aromatic rings. The molecule has 0 bridgehead atoms. The van der Waals surface area contributed by atoms with Crippen LogP contribution < -0.4 is 0 Å². The molecule has 6 rings (SSSR count). The van der Waals surface area contributed by atoms with Gasteiger partial charge in [-0.2, -0.15) is 0 Å². The summed E-state index contributed by atoms with van der Waals surface area (Å²) in [4.78, 5) is 12.9. The van der Waals surface area contributed by atoms with Gasteiger partial charge in [0.25, 0.3) is 0 Å². The Balaban J connectivity index is 1.55. The number of benzene rings is 2. The maximum Gasteiger partial charge on any atom is 0.246 e. The molecule has 0 saturated heterocycles. The first-order chi connectivity index (χ1) is 17.0. The quantitative estimate of drug-likeness (QED) is 0.206. The Bertz CT molecular complexity index is 1650. The van der Waals surface area contributed by atoms with Gasteiger partial charge < -0.3 is 8.98 Å². The van der Waals surface area contributed by atoms with E-state index in [9.17, 15) is 4.39 Å². The summed E-state index contributed by atoms with van der Waals surface area (Å²) in [7, 11) is 1.86. The van der Waals surface area contributed by atoms with Gasteiger partial charge in [0.1, 0.15) is 17.5 Å². The molecule has 7 nitrogen and oxygen atoms in total. The summed E-state index contributed by atoms with van der Waals surface area (Å²) in [5, 5.41) is 8.27. The third kappa shape index (κ3) is 3.84. The lowest BCUT2D eigenvalue weighted by Gasteiger charge is -2.12. The van der Waals surface area contributed by atoms with E-state index >= 15 is 0 Å². The molecule has 0 aliphatic heterocycles. The van der Waals surface area contributed by atoms with E-state index in [1.165, 1.54) is 6.07 Å². The van der Waals surface area contributed by atoms with Crippen molar-refractivity contribution in [1.82, 2.24) is 24.7 Å².